The summed E-state index contributed by atoms with van der Waals surface area (Å²) in [6.07, 6.45) is 2.97. The van der Waals surface area contributed by atoms with E-state index in [0.717, 1.165) is 24.8 Å². The number of hydrogen-bond acceptors (Lipinski definition) is 3. The molecule has 2 fully saturated rings. The normalized spacial score (nSPS) is 20.7. The molecule has 3 amide bonds. The Labute approximate surface area is 148 Å². The van der Waals surface area contributed by atoms with Crippen LogP contribution in [0.25, 0.3) is 0 Å². The highest BCUT2D eigenvalue weighted by Crippen LogP contribution is 2.29. The predicted octanol–water partition coefficient (Wildman–Crippen LogP) is 1.72. The van der Waals surface area contributed by atoms with Gasteiger partial charge in [0.25, 0.3) is 5.91 Å². The van der Waals surface area contributed by atoms with Gasteiger partial charge < -0.3 is 15.1 Å². The number of amides is 3. The van der Waals surface area contributed by atoms with Gasteiger partial charge in [-0.2, -0.15) is 0 Å². The quantitative estimate of drug-likeness (QED) is 0.908. The molecule has 2 aliphatic heterocycles. The van der Waals surface area contributed by atoms with Gasteiger partial charge in [0, 0.05) is 33.1 Å². The summed E-state index contributed by atoms with van der Waals surface area (Å²) in [5.41, 5.74) is 2.24. The Morgan fingerprint density at radius 3 is 2.68 bits per heavy atom. The molecule has 0 unspecified atom stereocenters. The molecule has 1 N–H and O–H groups in total. The number of nitrogens with one attached hydrogen (secondary N) is 1. The lowest BCUT2D eigenvalue weighted by atomic mass is 9.96. The molecule has 0 aromatic heterocycles. The van der Waals surface area contributed by atoms with E-state index in [9.17, 15) is 14.4 Å². The van der Waals surface area contributed by atoms with Gasteiger partial charge in [0.2, 0.25) is 11.8 Å². The number of piperidine rings is 1. The Balaban J connectivity index is 1.87. The fourth-order valence-corrected chi connectivity index (χ4v) is 3.71. The highest BCUT2D eigenvalue weighted by atomic mass is 16.2. The van der Waals surface area contributed by atoms with Crippen LogP contribution in [0.3, 0.4) is 0 Å². The van der Waals surface area contributed by atoms with Crippen molar-refractivity contribution < 1.29 is 14.4 Å². The number of carbonyl (C=O) groups is 3. The lowest BCUT2D eigenvalue weighted by Crippen LogP contribution is -2.45. The number of benzene rings is 1. The minimum Gasteiger partial charge on any atom is -0.359 e. The van der Waals surface area contributed by atoms with Crippen molar-refractivity contribution in [3.63, 3.8) is 0 Å². The van der Waals surface area contributed by atoms with E-state index in [0.29, 0.717) is 37.3 Å². The number of hydrogen-bond donors (Lipinski definition) is 1. The molecule has 0 aliphatic carbocycles. The number of nitrogens with zero attached hydrogens (tertiary/aromatic N) is 2. The van der Waals surface area contributed by atoms with Crippen molar-refractivity contribution in [2.24, 2.45) is 5.92 Å². The van der Waals surface area contributed by atoms with Gasteiger partial charge in [-0.25, -0.2) is 0 Å². The summed E-state index contributed by atoms with van der Waals surface area (Å²) in [6, 6.07) is 5.65. The number of rotatable bonds is 3. The highest BCUT2D eigenvalue weighted by molar-refractivity contribution is 6.05. The molecule has 1 aromatic rings. The minimum atomic E-state index is -0.163. The van der Waals surface area contributed by atoms with Crippen molar-refractivity contribution in [3.8, 4) is 0 Å². The third-order valence-electron chi connectivity index (χ3n) is 5.07. The highest BCUT2D eigenvalue weighted by Gasteiger charge is 2.31. The molecule has 3 rings (SSSR count). The van der Waals surface area contributed by atoms with Gasteiger partial charge >= 0.3 is 0 Å². The molecule has 2 aliphatic rings. The maximum atomic E-state index is 13.1. The van der Waals surface area contributed by atoms with Crippen molar-refractivity contribution >= 4 is 23.4 Å². The monoisotopic (exact) mass is 343 g/mol. The largest absolute Gasteiger partial charge is 0.359 e. The Morgan fingerprint density at radius 1 is 1.20 bits per heavy atom. The smallest absolute Gasteiger partial charge is 0.256 e. The minimum absolute atomic E-state index is 0.0170. The average Bonchev–Trinajstić information content (AvgIpc) is 3.06. The van der Waals surface area contributed by atoms with E-state index in [1.165, 1.54) is 0 Å². The fourth-order valence-electron chi connectivity index (χ4n) is 3.71. The van der Waals surface area contributed by atoms with Crippen LogP contribution < -0.4 is 10.2 Å². The maximum absolute atomic E-state index is 13.1. The van der Waals surface area contributed by atoms with Crippen LogP contribution in [0.4, 0.5) is 5.69 Å². The predicted molar refractivity (Wildman–Crippen MR) is 95.5 cm³/mol. The molecule has 0 spiro atoms. The van der Waals surface area contributed by atoms with Crippen LogP contribution in [0.5, 0.6) is 0 Å². The molecule has 0 radical (unpaired) electrons. The van der Waals surface area contributed by atoms with Gasteiger partial charge in [-0.05, 0) is 38.3 Å². The SMILES string of the molecule is CNC(=O)[C@H]1CCCN(C(=O)c2cc(C)ccc2N2CCCC2=O)C1. The van der Waals surface area contributed by atoms with Gasteiger partial charge in [0.1, 0.15) is 0 Å². The van der Waals surface area contributed by atoms with Crippen LogP contribution in [-0.4, -0.2) is 49.3 Å². The maximum Gasteiger partial charge on any atom is 0.256 e. The van der Waals surface area contributed by atoms with Crippen molar-refractivity contribution in [2.45, 2.75) is 32.6 Å². The van der Waals surface area contributed by atoms with E-state index in [2.05, 4.69) is 5.32 Å². The summed E-state index contributed by atoms with van der Waals surface area (Å²) in [5.74, 6) is -0.201. The molecule has 2 heterocycles. The topological polar surface area (TPSA) is 69.7 Å². The van der Waals surface area contributed by atoms with Crippen LogP contribution in [0, 0.1) is 12.8 Å². The molecule has 0 saturated carbocycles. The van der Waals surface area contributed by atoms with Crippen LogP contribution in [0.1, 0.15) is 41.6 Å². The van der Waals surface area contributed by atoms with E-state index in [-0.39, 0.29) is 23.6 Å². The summed E-state index contributed by atoms with van der Waals surface area (Å²) < 4.78 is 0. The zero-order valence-electron chi connectivity index (χ0n) is 14.9. The Hall–Kier alpha value is -2.37. The standard InChI is InChI=1S/C19H25N3O3/c1-13-7-8-16(22-10-4-6-17(22)23)15(11-13)19(25)21-9-3-5-14(12-21)18(24)20-2/h7-8,11,14H,3-6,9-10,12H2,1-2H3,(H,20,24)/t14-/m0/s1. The second kappa shape index (κ2) is 7.25. The molecule has 2 saturated heterocycles. The van der Waals surface area contributed by atoms with Crippen molar-refractivity contribution in [1.82, 2.24) is 10.2 Å². The van der Waals surface area contributed by atoms with Gasteiger partial charge in [-0.1, -0.05) is 11.6 Å². The lowest BCUT2D eigenvalue weighted by Gasteiger charge is -2.33. The average molecular weight is 343 g/mol. The summed E-state index contributed by atoms with van der Waals surface area (Å²) >= 11 is 0. The van der Waals surface area contributed by atoms with Gasteiger partial charge in [0.15, 0.2) is 0 Å². The Bertz CT molecular complexity index is 701. The number of anilines is 1. The zero-order chi connectivity index (χ0) is 18.0. The summed E-state index contributed by atoms with van der Waals surface area (Å²) in [4.78, 5) is 40.7. The molecular formula is C19H25N3O3. The molecule has 0 bridgehead atoms. The molecule has 134 valence electrons. The molecule has 6 nitrogen and oxygen atoms in total. The number of aryl methyl sites for hydroxylation is 1. The Morgan fingerprint density at radius 2 is 2.00 bits per heavy atom. The summed E-state index contributed by atoms with van der Waals surface area (Å²) in [7, 11) is 1.63. The molecular weight excluding hydrogens is 318 g/mol. The fraction of sp³-hybridized carbons (Fsp3) is 0.526. The van der Waals surface area contributed by atoms with E-state index >= 15 is 0 Å². The third-order valence-corrected chi connectivity index (χ3v) is 5.07. The van der Waals surface area contributed by atoms with Gasteiger partial charge in [0.05, 0.1) is 17.2 Å². The van der Waals surface area contributed by atoms with E-state index in [1.54, 1.807) is 16.8 Å². The Kier molecular flexibility index (Phi) is 5.06. The first-order valence-corrected chi connectivity index (χ1v) is 8.93. The molecule has 1 atom stereocenters. The number of likely N-dealkylation sites (tertiary alicyclic amines) is 1. The molecule has 6 heteroatoms. The first kappa shape index (κ1) is 17.5. The number of carbonyl (C=O) groups excluding carboxylic acids is 3. The first-order chi connectivity index (χ1) is 12.0. The van der Waals surface area contributed by atoms with E-state index in [4.69, 9.17) is 0 Å². The van der Waals surface area contributed by atoms with E-state index < -0.39 is 0 Å². The van der Waals surface area contributed by atoms with Crippen LogP contribution in [-0.2, 0) is 9.59 Å². The van der Waals surface area contributed by atoms with Crippen LogP contribution in [0.15, 0.2) is 18.2 Å². The van der Waals surface area contributed by atoms with Gasteiger partial charge in [-0.15, -0.1) is 0 Å². The van der Waals surface area contributed by atoms with Crippen LogP contribution in [0.2, 0.25) is 0 Å². The second-order valence-corrected chi connectivity index (χ2v) is 6.87. The molecule has 1 aromatic carbocycles. The van der Waals surface area contributed by atoms with Crippen LogP contribution >= 0.6 is 0 Å². The second-order valence-electron chi connectivity index (χ2n) is 6.87. The first-order valence-electron chi connectivity index (χ1n) is 8.93. The van der Waals surface area contributed by atoms with Crippen molar-refractivity contribution in [1.29, 1.82) is 0 Å². The van der Waals surface area contributed by atoms with Crippen molar-refractivity contribution in [2.75, 3.05) is 31.6 Å². The summed E-state index contributed by atoms with van der Waals surface area (Å²) in [5, 5.41) is 2.68. The zero-order valence-corrected chi connectivity index (χ0v) is 14.9. The summed E-state index contributed by atoms with van der Waals surface area (Å²) in [6.45, 7) is 3.67. The van der Waals surface area contributed by atoms with Crippen molar-refractivity contribution in [3.05, 3.63) is 29.3 Å². The third kappa shape index (κ3) is 3.52. The lowest BCUT2D eigenvalue weighted by molar-refractivity contribution is -0.125. The van der Waals surface area contributed by atoms with Gasteiger partial charge in [-0.3, -0.25) is 14.4 Å². The molecule has 25 heavy (non-hydrogen) atoms. The van der Waals surface area contributed by atoms with E-state index in [1.807, 2.05) is 25.1 Å².